The van der Waals surface area contributed by atoms with Gasteiger partial charge in [-0.05, 0) is 35.3 Å². The number of benzene rings is 2. The van der Waals surface area contributed by atoms with E-state index in [1.165, 1.54) is 30.3 Å². The maximum absolute atomic E-state index is 13.2. The Hall–Kier alpha value is -1.92. The fraction of sp³-hybridized carbons (Fsp3) is 0.0769. The summed E-state index contributed by atoms with van der Waals surface area (Å²) in [5.74, 6) is -0.706. The quantitative estimate of drug-likeness (QED) is 0.816. The summed E-state index contributed by atoms with van der Waals surface area (Å²) >= 11 is 0. The Bertz CT molecular complexity index is 576. The molecule has 0 atom stereocenters. The van der Waals surface area contributed by atoms with Gasteiger partial charge in [0.1, 0.15) is 24.0 Å². The van der Waals surface area contributed by atoms with Crippen LogP contribution in [-0.2, 0) is 6.61 Å². The molecular formula is C13H11BF2O3. The summed E-state index contributed by atoms with van der Waals surface area (Å²) in [5.41, 5.74) is 0.463. The molecule has 0 radical (unpaired) electrons. The predicted octanol–water partition coefficient (Wildman–Crippen LogP) is 1.22. The van der Waals surface area contributed by atoms with Gasteiger partial charge >= 0.3 is 7.12 Å². The van der Waals surface area contributed by atoms with Crippen molar-refractivity contribution in [1.82, 2.24) is 0 Å². The molecule has 19 heavy (non-hydrogen) atoms. The number of ether oxygens (including phenoxy) is 1. The summed E-state index contributed by atoms with van der Waals surface area (Å²) in [6.45, 7) is 0.000926. The average Bonchev–Trinajstić information content (AvgIpc) is 2.36. The first-order valence-electron chi connectivity index (χ1n) is 5.58. The van der Waals surface area contributed by atoms with Crippen LogP contribution < -0.4 is 10.2 Å². The van der Waals surface area contributed by atoms with E-state index < -0.39 is 18.8 Å². The van der Waals surface area contributed by atoms with Gasteiger partial charge in [0.05, 0.1) is 0 Å². The minimum atomic E-state index is -1.75. The smallest absolute Gasteiger partial charge is 0.488 e. The maximum atomic E-state index is 13.2. The van der Waals surface area contributed by atoms with Gasteiger partial charge in [0, 0.05) is 6.07 Å². The molecule has 2 aromatic rings. The molecule has 0 amide bonds. The van der Waals surface area contributed by atoms with E-state index in [9.17, 15) is 8.78 Å². The summed E-state index contributed by atoms with van der Waals surface area (Å²) in [4.78, 5) is 0. The van der Waals surface area contributed by atoms with Crippen molar-refractivity contribution < 1.29 is 23.6 Å². The van der Waals surface area contributed by atoms with Crippen molar-refractivity contribution in [3.05, 3.63) is 59.7 Å². The Morgan fingerprint density at radius 3 is 2.47 bits per heavy atom. The molecule has 0 aromatic heterocycles. The molecular weight excluding hydrogens is 253 g/mol. The van der Waals surface area contributed by atoms with Crippen molar-refractivity contribution in [3.63, 3.8) is 0 Å². The Morgan fingerprint density at radius 1 is 1.00 bits per heavy atom. The normalized spacial score (nSPS) is 10.3. The zero-order chi connectivity index (χ0) is 13.8. The van der Waals surface area contributed by atoms with Crippen LogP contribution in [0.15, 0.2) is 42.5 Å². The Morgan fingerprint density at radius 2 is 1.79 bits per heavy atom. The second-order valence-corrected chi connectivity index (χ2v) is 4.01. The van der Waals surface area contributed by atoms with Crippen molar-refractivity contribution in [1.29, 1.82) is 0 Å². The Balaban J connectivity index is 2.11. The Kier molecular flexibility index (Phi) is 4.14. The fourth-order valence-electron chi connectivity index (χ4n) is 1.63. The molecule has 98 valence electrons. The van der Waals surface area contributed by atoms with Crippen molar-refractivity contribution in [2.24, 2.45) is 0 Å². The number of hydrogen-bond donors (Lipinski definition) is 2. The summed E-state index contributed by atoms with van der Waals surface area (Å²) in [7, 11) is -1.75. The van der Waals surface area contributed by atoms with Crippen molar-refractivity contribution in [2.45, 2.75) is 6.61 Å². The summed E-state index contributed by atoms with van der Waals surface area (Å²) in [6, 6.07) is 9.22. The lowest BCUT2D eigenvalue weighted by Gasteiger charge is -2.08. The molecule has 0 spiro atoms. The average molecular weight is 264 g/mol. The minimum Gasteiger partial charge on any atom is -0.489 e. The molecule has 2 N–H and O–H groups in total. The molecule has 0 aliphatic rings. The van der Waals surface area contributed by atoms with Crippen LogP contribution in [0.1, 0.15) is 5.56 Å². The van der Waals surface area contributed by atoms with E-state index >= 15 is 0 Å². The zero-order valence-electron chi connectivity index (χ0n) is 9.88. The molecule has 0 aliphatic heterocycles. The van der Waals surface area contributed by atoms with E-state index in [2.05, 4.69) is 0 Å². The third kappa shape index (κ3) is 3.77. The monoisotopic (exact) mass is 264 g/mol. The van der Waals surface area contributed by atoms with Gasteiger partial charge < -0.3 is 14.8 Å². The summed E-state index contributed by atoms with van der Waals surface area (Å²) in [6.07, 6.45) is 0. The van der Waals surface area contributed by atoms with Crippen LogP contribution in [-0.4, -0.2) is 17.2 Å². The lowest BCUT2D eigenvalue weighted by Crippen LogP contribution is -2.30. The van der Waals surface area contributed by atoms with E-state index in [4.69, 9.17) is 14.8 Å². The highest BCUT2D eigenvalue weighted by Crippen LogP contribution is 2.14. The van der Waals surface area contributed by atoms with Gasteiger partial charge in [-0.25, -0.2) is 8.78 Å². The summed E-state index contributed by atoms with van der Waals surface area (Å²) in [5, 5.41) is 18.0. The maximum Gasteiger partial charge on any atom is 0.488 e. The van der Waals surface area contributed by atoms with Gasteiger partial charge in [0.2, 0.25) is 0 Å². The van der Waals surface area contributed by atoms with Crippen LogP contribution in [0.25, 0.3) is 0 Å². The van der Waals surface area contributed by atoms with Crippen LogP contribution >= 0.6 is 0 Å². The van der Waals surface area contributed by atoms with Gasteiger partial charge in [-0.2, -0.15) is 0 Å². The third-order valence-electron chi connectivity index (χ3n) is 2.48. The molecule has 2 rings (SSSR count). The SMILES string of the molecule is OB(O)c1cc(F)cc(COc2cccc(F)c2)c1. The van der Waals surface area contributed by atoms with Crippen LogP contribution in [0.4, 0.5) is 8.78 Å². The van der Waals surface area contributed by atoms with Gasteiger partial charge in [0.25, 0.3) is 0 Å². The molecule has 0 unspecified atom stereocenters. The lowest BCUT2D eigenvalue weighted by atomic mass is 9.79. The molecule has 0 saturated heterocycles. The van der Waals surface area contributed by atoms with E-state index in [0.29, 0.717) is 11.3 Å². The van der Waals surface area contributed by atoms with Gasteiger partial charge in [0.15, 0.2) is 0 Å². The molecule has 0 saturated carbocycles. The number of hydrogen-bond acceptors (Lipinski definition) is 3. The van der Waals surface area contributed by atoms with Crippen LogP contribution in [0.2, 0.25) is 0 Å². The van der Waals surface area contributed by atoms with Gasteiger partial charge in [-0.3, -0.25) is 0 Å². The first-order valence-corrected chi connectivity index (χ1v) is 5.58. The van der Waals surface area contributed by atoms with Crippen LogP contribution in [0.5, 0.6) is 5.75 Å². The van der Waals surface area contributed by atoms with E-state index in [1.54, 1.807) is 6.07 Å². The highest BCUT2D eigenvalue weighted by Gasteiger charge is 2.13. The second kappa shape index (κ2) is 5.82. The van der Waals surface area contributed by atoms with Crippen molar-refractivity contribution in [3.8, 4) is 5.75 Å². The number of halogens is 2. The molecule has 2 aromatic carbocycles. The summed E-state index contributed by atoms with van der Waals surface area (Å²) < 4.78 is 31.5. The van der Waals surface area contributed by atoms with E-state index in [1.807, 2.05) is 0 Å². The standard InChI is InChI=1S/C13H11BF2O3/c15-11-2-1-3-13(7-11)19-8-9-4-10(14(17)18)6-12(16)5-9/h1-7,17-18H,8H2. The minimum absolute atomic E-state index is 0.000926. The van der Waals surface area contributed by atoms with Crippen molar-refractivity contribution >= 4 is 12.6 Å². The van der Waals surface area contributed by atoms with Gasteiger partial charge in [-0.15, -0.1) is 0 Å². The first-order chi connectivity index (χ1) is 9.04. The molecule has 0 heterocycles. The Labute approximate surface area is 109 Å². The molecule has 6 heteroatoms. The highest BCUT2D eigenvalue weighted by molar-refractivity contribution is 6.58. The van der Waals surface area contributed by atoms with Crippen LogP contribution in [0.3, 0.4) is 0 Å². The molecule has 0 aliphatic carbocycles. The third-order valence-corrected chi connectivity index (χ3v) is 2.48. The fourth-order valence-corrected chi connectivity index (χ4v) is 1.63. The number of rotatable bonds is 4. The molecule has 0 fully saturated rings. The lowest BCUT2D eigenvalue weighted by molar-refractivity contribution is 0.304. The van der Waals surface area contributed by atoms with E-state index in [0.717, 1.165) is 6.07 Å². The van der Waals surface area contributed by atoms with Crippen LogP contribution in [0, 0.1) is 11.6 Å². The van der Waals surface area contributed by atoms with Crippen molar-refractivity contribution in [2.75, 3.05) is 0 Å². The largest absolute Gasteiger partial charge is 0.489 e. The predicted molar refractivity (Wildman–Crippen MR) is 67.0 cm³/mol. The highest BCUT2D eigenvalue weighted by atomic mass is 19.1. The molecule has 0 bridgehead atoms. The van der Waals surface area contributed by atoms with E-state index in [-0.39, 0.29) is 12.1 Å². The van der Waals surface area contributed by atoms with Gasteiger partial charge in [-0.1, -0.05) is 12.1 Å². The first kappa shape index (κ1) is 13.5. The zero-order valence-corrected chi connectivity index (χ0v) is 9.88. The topological polar surface area (TPSA) is 49.7 Å². The second-order valence-electron chi connectivity index (χ2n) is 4.01. The molecule has 3 nitrogen and oxygen atoms in total.